The Morgan fingerprint density at radius 3 is 3.04 bits per heavy atom. The molecule has 0 radical (unpaired) electrons. The molecule has 0 atom stereocenters. The summed E-state index contributed by atoms with van der Waals surface area (Å²) in [5.74, 6) is 0.889. The molecule has 0 spiro atoms. The molecule has 1 amide bonds. The number of hydrogen-bond donors (Lipinski definition) is 2. The molecule has 0 bridgehead atoms. The number of nitrogens with zero attached hydrogens (tertiary/aromatic N) is 2. The Kier molecular flexibility index (Phi) is 5.26. The van der Waals surface area contributed by atoms with Crippen LogP contribution in [-0.4, -0.2) is 28.9 Å². The number of carbonyl (C=O) groups is 1. The van der Waals surface area contributed by atoms with Gasteiger partial charge in [-0.25, -0.2) is 5.43 Å². The fourth-order valence-corrected chi connectivity index (χ4v) is 2.17. The lowest BCUT2D eigenvalue weighted by Crippen LogP contribution is -2.17. The summed E-state index contributed by atoms with van der Waals surface area (Å²) in [6.07, 6.45) is 3.86. The minimum atomic E-state index is -0.395. The Bertz CT molecular complexity index is 853. The van der Waals surface area contributed by atoms with Gasteiger partial charge in [-0.1, -0.05) is 19.1 Å². The smallest absolute Gasteiger partial charge is 0.289 e. The van der Waals surface area contributed by atoms with E-state index in [0.717, 1.165) is 17.7 Å². The van der Waals surface area contributed by atoms with E-state index in [2.05, 4.69) is 20.7 Å². The Morgan fingerprint density at radius 1 is 1.36 bits per heavy atom. The zero-order chi connectivity index (χ0) is 17.5. The average molecular weight is 338 g/mol. The maximum Gasteiger partial charge on any atom is 0.289 e. The maximum atomic E-state index is 12.1. The summed E-state index contributed by atoms with van der Waals surface area (Å²) in [4.78, 5) is 12.1. The Balaban J connectivity index is 1.71. The molecule has 3 aromatic rings. The quantitative estimate of drug-likeness (QED) is 0.511. The Labute approximate surface area is 144 Å². The average Bonchev–Trinajstić information content (AvgIpc) is 3.32. The SMILES string of the molecule is CCCOc1ccccc1-c1cc(C(=O)N/N=C\c2ccco2)[nH]n1. The summed E-state index contributed by atoms with van der Waals surface area (Å²) >= 11 is 0. The van der Waals surface area contributed by atoms with E-state index in [4.69, 9.17) is 9.15 Å². The number of para-hydroxylation sites is 1. The highest BCUT2D eigenvalue weighted by atomic mass is 16.5. The highest BCUT2D eigenvalue weighted by Gasteiger charge is 2.13. The first kappa shape index (κ1) is 16.5. The number of furan rings is 1. The van der Waals surface area contributed by atoms with Crippen LogP contribution in [0.25, 0.3) is 11.3 Å². The lowest BCUT2D eigenvalue weighted by atomic mass is 10.1. The molecule has 0 fully saturated rings. The van der Waals surface area contributed by atoms with Crippen molar-refractivity contribution in [2.75, 3.05) is 6.61 Å². The molecule has 1 aromatic carbocycles. The molecule has 3 rings (SSSR count). The van der Waals surface area contributed by atoms with Crippen LogP contribution < -0.4 is 10.2 Å². The fraction of sp³-hybridized carbons (Fsp3) is 0.167. The normalized spacial score (nSPS) is 10.9. The van der Waals surface area contributed by atoms with E-state index < -0.39 is 5.91 Å². The van der Waals surface area contributed by atoms with Gasteiger partial charge in [0.05, 0.1) is 24.8 Å². The van der Waals surface area contributed by atoms with Gasteiger partial charge in [0, 0.05) is 5.56 Å². The van der Waals surface area contributed by atoms with Gasteiger partial charge in [-0.3, -0.25) is 9.89 Å². The van der Waals surface area contributed by atoms with Crippen LogP contribution in [0.3, 0.4) is 0 Å². The van der Waals surface area contributed by atoms with Gasteiger partial charge in [-0.2, -0.15) is 10.2 Å². The second-order valence-corrected chi connectivity index (χ2v) is 5.23. The van der Waals surface area contributed by atoms with Crippen molar-refractivity contribution in [1.29, 1.82) is 0 Å². The van der Waals surface area contributed by atoms with Crippen molar-refractivity contribution in [1.82, 2.24) is 15.6 Å². The predicted molar refractivity (Wildman–Crippen MR) is 93.6 cm³/mol. The molecule has 2 aromatic heterocycles. The topological polar surface area (TPSA) is 92.5 Å². The molecule has 0 aliphatic heterocycles. The van der Waals surface area contributed by atoms with Gasteiger partial charge in [-0.15, -0.1) is 0 Å². The summed E-state index contributed by atoms with van der Waals surface area (Å²) in [5, 5.41) is 10.8. The van der Waals surface area contributed by atoms with Gasteiger partial charge in [0.1, 0.15) is 17.2 Å². The number of amides is 1. The van der Waals surface area contributed by atoms with Crippen molar-refractivity contribution < 1.29 is 13.9 Å². The van der Waals surface area contributed by atoms with Crippen LogP contribution in [0.15, 0.2) is 58.2 Å². The van der Waals surface area contributed by atoms with Crippen molar-refractivity contribution in [2.24, 2.45) is 5.10 Å². The second-order valence-electron chi connectivity index (χ2n) is 5.23. The molecule has 0 aliphatic rings. The summed E-state index contributed by atoms with van der Waals surface area (Å²) < 4.78 is 10.8. The molecule has 7 nitrogen and oxygen atoms in total. The van der Waals surface area contributed by atoms with Gasteiger partial charge in [-0.05, 0) is 36.8 Å². The first-order chi connectivity index (χ1) is 12.3. The van der Waals surface area contributed by atoms with Crippen LogP contribution in [0.2, 0.25) is 0 Å². The van der Waals surface area contributed by atoms with Crippen molar-refractivity contribution in [2.45, 2.75) is 13.3 Å². The number of hydrazone groups is 1. The molecular formula is C18H18N4O3. The molecule has 0 aliphatic carbocycles. The number of rotatable bonds is 7. The Hall–Kier alpha value is -3.35. The molecule has 0 saturated heterocycles. The van der Waals surface area contributed by atoms with Gasteiger partial charge in [0.25, 0.3) is 5.91 Å². The third-order valence-corrected chi connectivity index (χ3v) is 3.35. The lowest BCUT2D eigenvalue weighted by Gasteiger charge is -2.08. The molecule has 2 heterocycles. The van der Waals surface area contributed by atoms with Gasteiger partial charge in [0.15, 0.2) is 0 Å². The summed E-state index contributed by atoms with van der Waals surface area (Å²) in [6.45, 7) is 2.67. The zero-order valence-electron chi connectivity index (χ0n) is 13.7. The molecule has 25 heavy (non-hydrogen) atoms. The lowest BCUT2D eigenvalue weighted by molar-refractivity contribution is 0.0950. The first-order valence-corrected chi connectivity index (χ1v) is 7.92. The maximum absolute atomic E-state index is 12.1. The molecule has 2 N–H and O–H groups in total. The van der Waals surface area contributed by atoms with Crippen LogP contribution in [-0.2, 0) is 0 Å². The van der Waals surface area contributed by atoms with Crippen LogP contribution in [0.5, 0.6) is 5.75 Å². The van der Waals surface area contributed by atoms with Crippen molar-refractivity contribution in [3.8, 4) is 17.0 Å². The van der Waals surface area contributed by atoms with E-state index in [-0.39, 0.29) is 0 Å². The molecule has 128 valence electrons. The van der Waals surface area contributed by atoms with E-state index in [0.29, 0.717) is 23.8 Å². The highest BCUT2D eigenvalue weighted by molar-refractivity contribution is 5.94. The van der Waals surface area contributed by atoms with Gasteiger partial charge >= 0.3 is 0 Å². The third kappa shape index (κ3) is 4.14. The largest absolute Gasteiger partial charge is 0.493 e. The third-order valence-electron chi connectivity index (χ3n) is 3.35. The highest BCUT2D eigenvalue weighted by Crippen LogP contribution is 2.28. The molecule has 0 unspecified atom stereocenters. The number of nitrogens with one attached hydrogen (secondary N) is 2. The number of benzene rings is 1. The summed E-state index contributed by atoms with van der Waals surface area (Å²) in [5.41, 5.74) is 4.18. The van der Waals surface area contributed by atoms with Crippen molar-refractivity contribution in [3.63, 3.8) is 0 Å². The second kappa shape index (κ2) is 7.96. The van der Waals surface area contributed by atoms with E-state index in [1.165, 1.54) is 12.5 Å². The van der Waals surface area contributed by atoms with E-state index >= 15 is 0 Å². The van der Waals surface area contributed by atoms with E-state index in [1.807, 2.05) is 31.2 Å². The number of hydrogen-bond acceptors (Lipinski definition) is 5. The number of carbonyl (C=O) groups excluding carboxylic acids is 1. The minimum absolute atomic E-state index is 0.303. The number of aromatic nitrogens is 2. The first-order valence-electron chi connectivity index (χ1n) is 7.92. The van der Waals surface area contributed by atoms with Crippen LogP contribution in [0.1, 0.15) is 29.6 Å². The predicted octanol–water partition coefficient (Wildman–Crippen LogP) is 3.22. The zero-order valence-corrected chi connectivity index (χ0v) is 13.7. The van der Waals surface area contributed by atoms with Gasteiger partial charge < -0.3 is 9.15 Å². The van der Waals surface area contributed by atoms with E-state index in [9.17, 15) is 4.79 Å². The summed E-state index contributed by atoms with van der Waals surface area (Å²) in [7, 11) is 0. The van der Waals surface area contributed by atoms with Crippen LogP contribution in [0.4, 0.5) is 0 Å². The van der Waals surface area contributed by atoms with Gasteiger partial charge in [0.2, 0.25) is 0 Å². The Morgan fingerprint density at radius 2 is 2.24 bits per heavy atom. The van der Waals surface area contributed by atoms with Crippen molar-refractivity contribution in [3.05, 3.63) is 60.2 Å². The fourth-order valence-electron chi connectivity index (χ4n) is 2.17. The minimum Gasteiger partial charge on any atom is -0.493 e. The number of ether oxygens (including phenoxy) is 1. The molecular weight excluding hydrogens is 320 g/mol. The summed E-state index contributed by atoms with van der Waals surface area (Å²) in [6, 6.07) is 12.7. The standard InChI is InChI=1S/C18H18N4O3/c1-2-9-25-17-8-4-3-7-14(17)15-11-16(21-20-15)18(23)22-19-12-13-6-5-10-24-13/h3-8,10-12H,2,9H2,1H3,(H,20,21)(H,22,23)/b19-12-. The monoisotopic (exact) mass is 338 g/mol. The van der Waals surface area contributed by atoms with Crippen molar-refractivity contribution >= 4 is 12.1 Å². The number of aromatic amines is 1. The molecule has 7 heteroatoms. The molecule has 0 saturated carbocycles. The van der Waals surface area contributed by atoms with Crippen LogP contribution in [0, 0.1) is 0 Å². The van der Waals surface area contributed by atoms with E-state index in [1.54, 1.807) is 18.2 Å². The van der Waals surface area contributed by atoms with Crippen LogP contribution >= 0.6 is 0 Å². The number of H-pyrrole nitrogens is 1.